The fourth-order valence-corrected chi connectivity index (χ4v) is 2.91. The molecule has 0 spiro atoms. The second-order valence-corrected chi connectivity index (χ2v) is 6.78. The average molecular weight is 333 g/mol. The van der Waals surface area contributed by atoms with Gasteiger partial charge >= 0.3 is 0 Å². The third-order valence-electron chi connectivity index (χ3n) is 4.62. The van der Waals surface area contributed by atoms with Gasteiger partial charge in [-0.1, -0.05) is 20.3 Å². The molecule has 0 bridgehead atoms. The highest BCUT2D eigenvalue weighted by atomic mass is 16.2. The molecule has 0 radical (unpaired) electrons. The van der Waals surface area contributed by atoms with E-state index in [1.165, 1.54) is 0 Å². The summed E-state index contributed by atoms with van der Waals surface area (Å²) in [5.74, 6) is 0.188. The van der Waals surface area contributed by atoms with Crippen LogP contribution in [-0.2, 0) is 23.2 Å². The lowest BCUT2D eigenvalue weighted by molar-refractivity contribution is -0.141. The van der Waals surface area contributed by atoms with Gasteiger partial charge in [0.05, 0.1) is 13.1 Å². The van der Waals surface area contributed by atoms with Gasteiger partial charge in [-0.3, -0.25) is 9.59 Å². The molecule has 5 heteroatoms. The lowest BCUT2D eigenvalue weighted by atomic mass is 10.2. The van der Waals surface area contributed by atoms with E-state index in [-0.39, 0.29) is 18.4 Å². The van der Waals surface area contributed by atoms with E-state index >= 15 is 0 Å². The molecule has 0 aliphatic heterocycles. The molecule has 1 aliphatic carbocycles. The number of rotatable bonds is 10. The number of amides is 2. The third-order valence-corrected chi connectivity index (χ3v) is 4.62. The second kappa shape index (κ2) is 8.90. The van der Waals surface area contributed by atoms with E-state index in [2.05, 4.69) is 17.6 Å². The molecule has 1 aromatic heterocycles. The zero-order valence-electron chi connectivity index (χ0n) is 15.3. The smallest absolute Gasteiger partial charge is 0.242 e. The molecule has 1 saturated carbocycles. The van der Waals surface area contributed by atoms with Crippen LogP contribution in [0.5, 0.6) is 0 Å². The topological polar surface area (TPSA) is 45.6 Å². The predicted molar refractivity (Wildman–Crippen MR) is 95.4 cm³/mol. The summed E-state index contributed by atoms with van der Waals surface area (Å²) in [5.41, 5.74) is 1.13. The number of hydrogen-bond acceptors (Lipinski definition) is 2. The van der Waals surface area contributed by atoms with Gasteiger partial charge in [-0.15, -0.1) is 0 Å². The van der Waals surface area contributed by atoms with Gasteiger partial charge < -0.3 is 14.4 Å². The summed E-state index contributed by atoms with van der Waals surface area (Å²) < 4.78 is 2.06. The van der Waals surface area contributed by atoms with Crippen molar-refractivity contribution in [2.45, 2.75) is 65.0 Å². The minimum absolute atomic E-state index is 0.0826. The fraction of sp³-hybridized carbons (Fsp3) is 0.684. The second-order valence-electron chi connectivity index (χ2n) is 6.78. The molecule has 0 aromatic carbocycles. The van der Waals surface area contributed by atoms with Crippen LogP contribution in [-0.4, -0.2) is 45.3 Å². The van der Waals surface area contributed by atoms with Crippen LogP contribution in [0, 0.1) is 0 Å². The Kier molecular flexibility index (Phi) is 6.88. The highest BCUT2D eigenvalue weighted by molar-refractivity contribution is 5.85. The van der Waals surface area contributed by atoms with Gasteiger partial charge in [0.15, 0.2) is 0 Å². The summed E-state index contributed by atoms with van der Waals surface area (Å²) in [6, 6.07) is 4.41. The van der Waals surface area contributed by atoms with Gasteiger partial charge in [0.2, 0.25) is 11.8 Å². The van der Waals surface area contributed by atoms with E-state index in [1.54, 1.807) is 4.90 Å². The normalized spacial score (nSPS) is 13.8. The van der Waals surface area contributed by atoms with Gasteiger partial charge in [0.1, 0.15) is 0 Å². The summed E-state index contributed by atoms with van der Waals surface area (Å²) in [5, 5.41) is 0. The first-order valence-corrected chi connectivity index (χ1v) is 9.24. The molecule has 0 unspecified atom stereocenters. The summed E-state index contributed by atoms with van der Waals surface area (Å²) in [6.45, 7) is 5.65. The number of aromatic nitrogens is 1. The summed E-state index contributed by atoms with van der Waals surface area (Å²) in [7, 11) is 2.00. The lowest BCUT2D eigenvalue weighted by Crippen LogP contribution is -2.44. The Morgan fingerprint density at radius 3 is 2.50 bits per heavy atom. The number of aryl methyl sites for hydroxylation is 1. The van der Waals surface area contributed by atoms with E-state index in [1.807, 2.05) is 31.1 Å². The highest BCUT2D eigenvalue weighted by Crippen LogP contribution is 2.28. The predicted octanol–water partition coefficient (Wildman–Crippen LogP) is 2.94. The Hall–Kier alpha value is -1.78. The van der Waals surface area contributed by atoms with Crippen LogP contribution in [0.15, 0.2) is 18.3 Å². The van der Waals surface area contributed by atoms with Crippen molar-refractivity contribution in [3.8, 4) is 0 Å². The molecular weight excluding hydrogens is 302 g/mol. The maximum absolute atomic E-state index is 12.9. The minimum Gasteiger partial charge on any atom is -0.353 e. The Balaban J connectivity index is 2.01. The summed E-state index contributed by atoms with van der Waals surface area (Å²) in [6.07, 6.45) is 7.48. The molecule has 1 aliphatic rings. The zero-order valence-corrected chi connectivity index (χ0v) is 15.3. The van der Waals surface area contributed by atoms with Gasteiger partial charge in [-0.05, 0) is 37.8 Å². The highest BCUT2D eigenvalue weighted by Gasteiger charge is 2.33. The molecule has 1 heterocycles. The van der Waals surface area contributed by atoms with Gasteiger partial charge in [-0.25, -0.2) is 0 Å². The van der Waals surface area contributed by atoms with E-state index in [4.69, 9.17) is 0 Å². The molecule has 0 atom stereocenters. The van der Waals surface area contributed by atoms with Crippen LogP contribution in [0.2, 0.25) is 0 Å². The monoisotopic (exact) mass is 333 g/mol. The number of nitrogens with zero attached hydrogens (tertiary/aromatic N) is 3. The fourth-order valence-electron chi connectivity index (χ4n) is 2.91. The molecule has 5 nitrogen and oxygen atoms in total. The van der Waals surface area contributed by atoms with Crippen LogP contribution in [0.3, 0.4) is 0 Å². The van der Waals surface area contributed by atoms with Crippen molar-refractivity contribution in [3.63, 3.8) is 0 Å². The van der Waals surface area contributed by atoms with Crippen molar-refractivity contribution in [1.29, 1.82) is 0 Å². The van der Waals surface area contributed by atoms with Crippen molar-refractivity contribution in [2.24, 2.45) is 7.05 Å². The van der Waals surface area contributed by atoms with Gasteiger partial charge in [-0.2, -0.15) is 0 Å². The van der Waals surface area contributed by atoms with Crippen molar-refractivity contribution < 1.29 is 9.59 Å². The van der Waals surface area contributed by atoms with E-state index in [0.717, 1.165) is 37.8 Å². The molecule has 1 fully saturated rings. The van der Waals surface area contributed by atoms with Crippen molar-refractivity contribution in [1.82, 2.24) is 14.4 Å². The Bertz CT molecular complexity index is 549. The van der Waals surface area contributed by atoms with Crippen LogP contribution in [0.1, 0.15) is 58.1 Å². The zero-order chi connectivity index (χ0) is 17.5. The van der Waals surface area contributed by atoms with Crippen LogP contribution >= 0.6 is 0 Å². The largest absolute Gasteiger partial charge is 0.353 e. The van der Waals surface area contributed by atoms with Crippen LogP contribution in [0.25, 0.3) is 0 Å². The van der Waals surface area contributed by atoms with Gasteiger partial charge in [0.25, 0.3) is 0 Å². The number of carbonyl (C=O) groups is 2. The van der Waals surface area contributed by atoms with Crippen LogP contribution < -0.4 is 0 Å². The SMILES string of the molecule is CCCCN(CC(=O)N(Cc1cccn1C)C1CC1)C(=O)CCC. The van der Waals surface area contributed by atoms with Crippen molar-refractivity contribution in [3.05, 3.63) is 24.0 Å². The number of unbranched alkanes of at least 4 members (excludes halogenated alkanes) is 1. The third kappa shape index (κ3) is 5.11. The Morgan fingerprint density at radius 2 is 1.96 bits per heavy atom. The van der Waals surface area contributed by atoms with E-state index in [0.29, 0.717) is 25.6 Å². The van der Waals surface area contributed by atoms with Crippen LogP contribution in [0.4, 0.5) is 0 Å². The minimum atomic E-state index is 0.0826. The first-order chi connectivity index (χ1) is 11.6. The summed E-state index contributed by atoms with van der Waals surface area (Å²) in [4.78, 5) is 28.9. The Morgan fingerprint density at radius 1 is 1.21 bits per heavy atom. The molecular formula is C19H31N3O2. The van der Waals surface area contributed by atoms with E-state index in [9.17, 15) is 9.59 Å². The van der Waals surface area contributed by atoms with Crippen molar-refractivity contribution >= 4 is 11.8 Å². The Labute approximate surface area is 145 Å². The lowest BCUT2D eigenvalue weighted by Gasteiger charge is -2.28. The molecule has 2 amide bonds. The quantitative estimate of drug-likeness (QED) is 0.661. The molecule has 2 rings (SSSR count). The molecule has 0 N–H and O–H groups in total. The van der Waals surface area contributed by atoms with E-state index < -0.39 is 0 Å². The molecule has 1 aromatic rings. The number of carbonyl (C=O) groups excluding carboxylic acids is 2. The summed E-state index contributed by atoms with van der Waals surface area (Å²) >= 11 is 0. The first kappa shape index (κ1) is 18.6. The molecule has 0 saturated heterocycles. The van der Waals surface area contributed by atoms with Gasteiger partial charge in [0, 0.05) is 37.9 Å². The average Bonchev–Trinajstić information content (AvgIpc) is 3.32. The molecule has 24 heavy (non-hydrogen) atoms. The van der Waals surface area contributed by atoms with Crippen molar-refractivity contribution in [2.75, 3.05) is 13.1 Å². The number of hydrogen-bond donors (Lipinski definition) is 0. The molecule has 134 valence electrons. The standard InChI is InChI=1S/C19H31N3O2/c1-4-6-13-21(18(23)8-5-2)15-19(24)22(16-10-11-16)14-17-9-7-12-20(17)3/h7,9,12,16H,4-6,8,10-11,13-15H2,1-3H3. The maximum atomic E-state index is 12.9. The first-order valence-electron chi connectivity index (χ1n) is 9.24. The maximum Gasteiger partial charge on any atom is 0.242 e.